The first-order valence-corrected chi connectivity index (χ1v) is 7.29. The molecule has 1 unspecified atom stereocenters. The Balaban J connectivity index is 1.75. The van der Waals surface area contributed by atoms with E-state index in [1.165, 1.54) is 11.1 Å². The van der Waals surface area contributed by atoms with E-state index in [4.69, 9.17) is 0 Å². The van der Waals surface area contributed by atoms with Crippen molar-refractivity contribution in [2.45, 2.75) is 25.8 Å². The Morgan fingerprint density at radius 1 is 1.00 bits per heavy atom. The maximum absolute atomic E-state index is 4.56. The molecule has 0 bridgehead atoms. The summed E-state index contributed by atoms with van der Waals surface area (Å²) in [6.45, 7) is 3.15. The molecule has 0 fully saturated rings. The van der Waals surface area contributed by atoms with Gasteiger partial charge in [-0.05, 0) is 29.7 Å². The van der Waals surface area contributed by atoms with Gasteiger partial charge in [-0.3, -0.25) is 4.98 Å². The quantitative estimate of drug-likeness (QED) is 0.712. The van der Waals surface area contributed by atoms with E-state index in [0.29, 0.717) is 5.92 Å². The average Bonchev–Trinajstić information content (AvgIpc) is 3.02. The molecule has 0 saturated heterocycles. The molecular formula is C18H19N3. The van der Waals surface area contributed by atoms with Crippen LogP contribution in [-0.4, -0.2) is 14.5 Å². The Labute approximate surface area is 125 Å². The number of imidazole rings is 1. The van der Waals surface area contributed by atoms with Crippen LogP contribution in [0.25, 0.3) is 0 Å². The molecule has 0 radical (unpaired) electrons. The van der Waals surface area contributed by atoms with Crippen LogP contribution in [0.5, 0.6) is 0 Å². The second-order valence-corrected chi connectivity index (χ2v) is 5.22. The van der Waals surface area contributed by atoms with Crippen LogP contribution in [0.3, 0.4) is 0 Å². The van der Waals surface area contributed by atoms with Gasteiger partial charge in [-0.25, -0.2) is 4.98 Å². The predicted octanol–water partition coefficient (Wildman–Crippen LogP) is 3.67. The number of hydrogen-bond acceptors (Lipinski definition) is 2. The SMILES string of the molecule is CC(c1ccccc1)c1nccn1CCc1ccncc1. The molecule has 1 aromatic carbocycles. The van der Waals surface area contributed by atoms with Gasteiger partial charge in [-0.1, -0.05) is 37.3 Å². The number of aromatic nitrogens is 3. The fourth-order valence-electron chi connectivity index (χ4n) is 2.58. The summed E-state index contributed by atoms with van der Waals surface area (Å²) in [6.07, 6.45) is 8.64. The van der Waals surface area contributed by atoms with Gasteiger partial charge in [-0.2, -0.15) is 0 Å². The number of pyridine rings is 1. The Hall–Kier alpha value is -2.42. The van der Waals surface area contributed by atoms with E-state index in [-0.39, 0.29) is 0 Å². The first-order valence-electron chi connectivity index (χ1n) is 7.29. The van der Waals surface area contributed by atoms with Crippen molar-refractivity contribution >= 4 is 0 Å². The summed E-state index contributed by atoms with van der Waals surface area (Å²) in [7, 11) is 0. The summed E-state index contributed by atoms with van der Waals surface area (Å²) in [5, 5.41) is 0. The summed E-state index contributed by atoms with van der Waals surface area (Å²) < 4.78 is 2.25. The summed E-state index contributed by atoms with van der Waals surface area (Å²) in [6, 6.07) is 14.7. The van der Waals surface area contributed by atoms with Crippen molar-refractivity contribution in [3.8, 4) is 0 Å². The van der Waals surface area contributed by atoms with Crippen LogP contribution < -0.4 is 0 Å². The maximum Gasteiger partial charge on any atom is 0.115 e. The van der Waals surface area contributed by atoms with Gasteiger partial charge in [-0.15, -0.1) is 0 Å². The minimum atomic E-state index is 0.304. The highest BCUT2D eigenvalue weighted by atomic mass is 15.1. The van der Waals surface area contributed by atoms with E-state index in [0.717, 1.165) is 18.8 Å². The molecule has 3 aromatic rings. The molecule has 0 aliphatic rings. The van der Waals surface area contributed by atoms with E-state index in [9.17, 15) is 0 Å². The Morgan fingerprint density at radius 3 is 2.52 bits per heavy atom. The molecule has 0 amide bonds. The predicted molar refractivity (Wildman–Crippen MR) is 84.1 cm³/mol. The van der Waals surface area contributed by atoms with Gasteiger partial charge in [0.15, 0.2) is 0 Å². The zero-order chi connectivity index (χ0) is 14.5. The lowest BCUT2D eigenvalue weighted by Gasteiger charge is -2.14. The van der Waals surface area contributed by atoms with Gasteiger partial charge in [0.05, 0.1) is 0 Å². The molecule has 3 rings (SSSR count). The van der Waals surface area contributed by atoms with Crippen molar-refractivity contribution < 1.29 is 0 Å². The van der Waals surface area contributed by atoms with Crippen LogP contribution in [0.2, 0.25) is 0 Å². The molecule has 1 atom stereocenters. The summed E-state index contributed by atoms with van der Waals surface area (Å²) >= 11 is 0. The van der Waals surface area contributed by atoms with Crippen molar-refractivity contribution in [3.63, 3.8) is 0 Å². The topological polar surface area (TPSA) is 30.7 Å². The van der Waals surface area contributed by atoms with Crippen molar-refractivity contribution in [1.29, 1.82) is 0 Å². The lowest BCUT2D eigenvalue weighted by atomic mass is 10.0. The highest BCUT2D eigenvalue weighted by Gasteiger charge is 2.13. The van der Waals surface area contributed by atoms with Crippen molar-refractivity contribution in [1.82, 2.24) is 14.5 Å². The standard InChI is InChI=1S/C18H19N3/c1-15(17-5-3-2-4-6-17)18-20-12-14-21(18)13-9-16-7-10-19-11-8-16/h2-8,10-12,14-15H,9,13H2,1H3. The summed E-state index contributed by atoms with van der Waals surface area (Å²) in [5.74, 6) is 1.42. The number of rotatable bonds is 5. The molecule has 0 N–H and O–H groups in total. The lowest BCUT2D eigenvalue weighted by Crippen LogP contribution is -2.09. The van der Waals surface area contributed by atoms with Crippen LogP contribution in [0, 0.1) is 0 Å². The molecule has 0 aliphatic carbocycles. The Morgan fingerprint density at radius 2 is 1.76 bits per heavy atom. The van der Waals surface area contributed by atoms with Crippen LogP contribution in [0.4, 0.5) is 0 Å². The zero-order valence-electron chi connectivity index (χ0n) is 12.2. The molecule has 2 aromatic heterocycles. The third kappa shape index (κ3) is 3.19. The van der Waals surface area contributed by atoms with Crippen LogP contribution in [0.15, 0.2) is 67.3 Å². The molecule has 0 saturated carbocycles. The van der Waals surface area contributed by atoms with Crippen molar-refractivity contribution in [2.24, 2.45) is 0 Å². The fourth-order valence-corrected chi connectivity index (χ4v) is 2.58. The van der Waals surface area contributed by atoms with E-state index < -0.39 is 0 Å². The third-order valence-electron chi connectivity index (χ3n) is 3.83. The Kier molecular flexibility index (Phi) is 4.10. The largest absolute Gasteiger partial charge is 0.334 e. The minimum Gasteiger partial charge on any atom is -0.334 e. The molecule has 0 spiro atoms. The van der Waals surface area contributed by atoms with Gasteiger partial charge in [0.25, 0.3) is 0 Å². The lowest BCUT2D eigenvalue weighted by molar-refractivity contribution is 0.631. The van der Waals surface area contributed by atoms with Crippen LogP contribution in [-0.2, 0) is 13.0 Å². The zero-order valence-corrected chi connectivity index (χ0v) is 12.2. The van der Waals surface area contributed by atoms with E-state index >= 15 is 0 Å². The minimum absolute atomic E-state index is 0.304. The van der Waals surface area contributed by atoms with Gasteiger partial charge in [0, 0.05) is 37.3 Å². The summed E-state index contributed by atoms with van der Waals surface area (Å²) in [5.41, 5.74) is 2.60. The van der Waals surface area contributed by atoms with Crippen molar-refractivity contribution in [3.05, 3.63) is 84.2 Å². The first-order chi connectivity index (χ1) is 10.3. The molecule has 3 nitrogen and oxygen atoms in total. The van der Waals surface area contributed by atoms with Gasteiger partial charge in [0.1, 0.15) is 5.82 Å². The third-order valence-corrected chi connectivity index (χ3v) is 3.83. The Bertz CT molecular complexity index is 674. The van der Waals surface area contributed by atoms with Gasteiger partial charge >= 0.3 is 0 Å². The maximum atomic E-state index is 4.56. The van der Waals surface area contributed by atoms with E-state index in [1.807, 2.05) is 24.7 Å². The molecular weight excluding hydrogens is 258 g/mol. The highest BCUT2D eigenvalue weighted by Crippen LogP contribution is 2.22. The van der Waals surface area contributed by atoms with Crippen LogP contribution in [0.1, 0.15) is 29.8 Å². The van der Waals surface area contributed by atoms with Gasteiger partial charge < -0.3 is 4.57 Å². The average molecular weight is 277 g/mol. The molecule has 106 valence electrons. The molecule has 0 aliphatic heterocycles. The highest BCUT2D eigenvalue weighted by molar-refractivity contribution is 5.25. The van der Waals surface area contributed by atoms with Crippen molar-refractivity contribution in [2.75, 3.05) is 0 Å². The normalized spacial score (nSPS) is 12.2. The number of nitrogens with zero attached hydrogens (tertiary/aromatic N) is 3. The fraction of sp³-hybridized carbons (Fsp3) is 0.222. The smallest absolute Gasteiger partial charge is 0.115 e. The number of hydrogen-bond donors (Lipinski definition) is 0. The van der Waals surface area contributed by atoms with E-state index in [2.05, 4.69) is 64.1 Å². The monoisotopic (exact) mass is 277 g/mol. The second kappa shape index (κ2) is 6.35. The molecule has 2 heterocycles. The first kappa shape index (κ1) is 13.6. The number of aryl methyl sites for hydroxylation is 2. The molecule has 21 heavy (non-hydrogen) atoms. The second-order valence-electron chi connectivity index (χ2n) is 5.22. The molecule has 3 heteroatoms. The number of benzene rings is 1. The van der Waals surface area contributed by atoms with Gasteiger partial charge in [0.2, 0.25) is 0 Å². The summed E-state index contributed by atoms with van der Waals surface area (Å²) in [4.78, 5) is 8.61. The van der Waals surface area contributed by atoms with Crippen LogP contribution >= 0.6 is 0 Å². The van der Waals surface area contributed by atoms with E-state index in [1.54, 1.807) is 0 Å².